The molecule has 1 aromatic carbocycles. The van der Waals surface area contributed by atoms with Gasteiger partial charge in [-0.25, -0.2) is 0 Å². The summed E-state index contributed by atoms with van der Waals surface area (Å²) in [7, 11) is 0. The number of piperidine rings is 1. The molecule has 0 aliphatic carbocycles. The van der Waals surface area contributed by atoms with Gasteiger partial charge in [0.05, 0.1) is 12.1 Å². The minimum absolute atomic E-state index is 0.135. The number of benzene rings is 1. The average molecular weight is 333 g/mol. The second-order valence-electron chi connectivity index (χ2n) is 5.92. The van der Waals surface area contributed by atoms with E-state index in [1.54, 1.807) is 29.2 Å². The van der Waals surface area contributed by atoms with Gasteiger partial charge in [0, 0.05) is 19.4 Å². The Morgan fingerprint density at radius 3 is 1.92 bits per heavy atom. The summed E-state index contributed by atoms with van der Waals surface area (Å²) in [4.78, 5) is 36.9. The predicted molar refractivity (Wildman–Crippen MR) is 87.3 cm³/mol. The fourth-order valence-electron chi connectivity index (χ4n) is 2.98. The topological polar surface area (TPSA) is 72.9 Å². The summed E-state index contributed by atoms with van der Waals surface area (Å²) in [5.41, 5.74) is 0.569. The monoisotopic (exact) mass is 333 g/mol. The Labute approximate surface area is 141 Å². The number of carbonyl (C=O) groups is 3. The third kappa shape index (κ3) is 4.81. The highest BCUT2D eigenvalue weighted by molar-refractivity contribution is 5.94. The van der Waals surface area contributed by atoms with Gasteiger partial charge in [0.1, 0.15) is 13.2 Å². The van der Waals surface area contributed by atoms with Crippen LogP contribution in [0.4, 0.5) is 0 Å². The molecule has 0 saturated carbocycles. The van der Waals surface area contributed by atoms with Crippen LogP contribution in [0.2, 0.25) is 0 Å². The maximum atomic E-state index is 13.0. The number of amides is 1. The van der Waals surface area contributed by atoms with Crippen LogP contribution in [0, 0.1) is 0 Å². The number of likely N-dealkylation sites (tertiary alicyclic amines) is 1. The van der Waals surface area contributed by atoms with E-state index in [9.17, 15) is 14.4 Å². The highest BCUT2D eigenvalue weighted by Crippen LogP contribution is 2.26. The minimum Gasteiger partial charge on any atom is -0.464 e. The number of nitrogens with zero attached hydrogens (tertiary/aromatic N) is 1. The van der Waals surface area contributed by atoms with Crippen molar-refractivity contribution in [3.05, 3.63) is 35.9 Å². The van der Waals surface area contributed by atoms with Crippen molar-refractivity contribution >= 4 is 17.8 Å². The molecule has 0 aromatic heterocycles. The van der Waals surface area contributed by atoms with Crippen molar-refractivity contribution in [3.8, 4) is 0 Å². The molecule has 6 nitrogen and oxygen atoms in total. The van der Waals surface area contributed by atoms with Crippen LogP contribution >= 0.6 is 0 Å². The summed E-state index contributed by atoms with van der Waals surface area (Å²) < 4.78 is 10.3. The second kappa shape index (κ2) is 8.47. The molecule has 0 N–H and O–H groups in total. The fourth-order valence-corrected chi connectivity index (χ4v) is 2.98. The first kappa shape index (κ1) is 18.0. The highest BCUT2D eigenvalue weighted by Gasteiger charge is 2.35. The van der Waals surface area contributed by atoms with Crippen LogP contribution in [0.25, 0.3) is 0 Å². The molecule has 1 aromatic rings. The van der Waals surface area contributed by atoms with E-state index in [1.165, 1.54) is 13.8 Å². The molecule has 0 spiro atoms. The molecule has 130 valence electrons. The van der Waals surface area contributed by atoms with Gasteiger partial charge in [0.2, 0.25) is 0 Å². The molecule has 2 rings (SSSR count). The van der Waals surface area contributed by atoms with Gasteiger partial charge in [-0.2, -0.15) is 0 Å². The molecule has 6 heteroatoms. The van der Waals surface area contributed by atoms with Crippen molar-refractivity contribution < 1.29 is 23.9 Å². The first-order chi connectivity index (χ1) is 11.5. The molecule has 0 radical (unpaired) electrons. The molecule has 1 aliphatic rings. The van der Waals surface area contributed by atoms with Gasteiger partial charge in [0.25, 0.3) is 5.91 Å². The van der Waals surface area contributed by atoms with E-state index in [-0.39, 0.29) is 43.1 Å². The molecule has 24 heavy (non-hydrogen) atoms. The minimum atomic E-state index is -0.371. The van der Waals surface area contributed by atoms with Crippen molar-refractivity contribution in [2.45, 2.75) is 45.2 Å². The van der Waals surface area contributed by atoms with Crippen LogP contribution in [0.5, 0.6) is 0 Å². The zero-order valence-corrected chi connectivity index (χ0v) is 14.1. The first-order valence-corrected chi connectivity index (χ1v) is 8.13. The molecule has 1 saturated heterocycles. The number of hydrogen-bond donors (Lipinski definition) is 0. The average Bonchev–Trinajstić information content (AvgIpc) is 2.58. The van der Waals surface area contributed by atoms with Gasteiger partial charge in [0.15, 0.2) is 0 Å². The van der Waals surface area contributed by atoms with Crippen molar-refractivity contribution in [3.63, 3.8) is 0 Å². The zero-order chi connectivity index (χ0) is 17.5. The number of carbonyl (C=O) groups excluding carboxylic acids is 3. The zero-order valence-electron chi connectivity index (χ0n) is 14.1. The first-order valence-electron chi connectivity index (χ1n) is 8.13. The number of esters is 2. The lowest BCUT2D eigenvalue weighted by Gasteiger charge is -2.41. The molecule has 1 amide bonds. The molecular formula is C18H23NO5. The summed E-state index contributed by atoms with van der Waals surface area (Å²) in [5, 5.41) is 0. The van der Waals surface area contributed by atoms with Crippen LogP contribution in [0.1, 0.15) is 43.5 Å². The SMILES string of the molecule is CC(=O)OC[C@H]1CCC[C@@H](COC(C)=O)N1C(=O)c1ccccc1. The van der Waals surface area contributed by atoms with E-state index in [4.69, 9.17) is 9.47 Å². The van der Waals surface area contributed by atoms with Crippen LogP contribution in [0.15, 0.2) is 30.3 Å². The lowest BCUT2D eigenvalue weighted by atomic mass is 9.95. The maximum absolute atomic E-state index is 13.0. The highest BCUT2D eigenvalue weighted by atomic mass is 16.5. The summed E-state index contributed by atoms with van der Waals surface area (Å²) in [6, 6.07) is 8.54. The van der Waals surface area contributed by atoms with Gasteiger partial charge >= 0.3 is 11.9 Å². The lowest BCUT2D eigenvalue weighted by molar-refractivity contribution is -0.145. The van der Waals surface area contributed by atoms with Crippen molar-refractivity contribution in [1.82, 2.24) is 4.90 Å². The van der Waals surface area contributed by atoms with Crippen molar-refractivity contribution in [1.29, 1.82) is 0 Å². The standard InChI is InChI=1S/C18H23NO5/c1-13(20)23-11-16-9-6-10-17(12-24-14(2)21)19(16)18(22)15-7-4-3-5-8-15/h3-5,7-8,16-17H,6,9-12H2,1-2H3/t16-,17+. The Kier molecular flexibility index (Phi) is 6.35. The quantitative estimate of drug-likeness (QED) is 0.772. The predicted octanol–water partition coefficient (Wildman–Crippen LogP) is 2.18. The number of hydrogen-bond acceptors (Lipinski definition) is 5. The molecule has 1 heterocycles. The molecule has 0 bridgehead atoms. The van der Waals surface area contributed by atoms with Gasteiger partial charge in [-0.1, -0.05) is 18.2 Å². The van der Waals surface area contributed by atoms with E-state index in [0.717, 1.165) is 19.3 Å². The summed E-state index contributed by atoms with van der Waals surface area (Å²) in [6.07, 6.45) is 2.39. The third-order valence-electron chi connectivity index (χ3n) is 4.07. The van der Waals surface area contributed by atoms with Gasteiger partial charge in [-0.05, 0) is 31.4 Å². The molecule has 0 unspecified atom stereocenters. The van der Waals surface area contributed by atoms with Crippen molar-refractivity contribution in [2.75, 3.05) is 13.2 Å². The van der Waals surface area contributed by atoms with Crippen molar-refractivity contribution in [2.24, 2.45) is 0 Å². The number of ether oxygens (including phenoxy) is 2. The summed E-state index contributed by atoms with van der Waals surface area (Å²) in [5.74, 6) is -0.877. The molecule has 2 atom stereocenters. The van der Waals surface area contributed by atoms with E-state index in [1.807, 2.05) is 6.07 Å². The van der Waals surface area contributed by atoms with E-state index < -0.39 is 0 Å². The molecular weight excluding hydrogens is 310 g/mol. The van der Waals surface area contributed by atoms with Crippen LogP contribution < -0.4 is 0 Å². The smallest absolute Gasteiger partial charge is 0.302 e. The van der Waals surface area contributed by atoms with Gasteiger partial charge in [-0.15, -0.1) is 0 Å². The van der Waals surface area contributed by atoms with Gasteiger partial charge < -0.3 is 14.4 Å². The normalized spacial score (nSPS) is 20.3. The molecule has 1 aliphatic heterocycles. The Hall–Kier alpha value is -2.37. The second-order valence-corrected chi connectivity index (χ2v) is 5.92. The Morgan fingerprint density at radius 2 is 1.46 bits per heavy atom. The Bertz CT molecular complexity index is 560. The largest absolute Gasteiger partial charge is 0.464 e. The maximum Gasteiger partial charge on any atom is 0.302 e. The summed E-state index contributed by atoms with van der Waals surface area (Å²) in [6.45, 7) is 3.01. The number of rotatable bonds is 5. The lowest BCUT2D eigenvalue weighted by Crippen LogP contribution is -2.53. The van der Waals surface area contributed by atoms with Gasteiger partial charge in [-0.3, -0.25) is 14.4 Å². The van der Waals surface area contributed by atoms with Crippen LogP contribution in [-0.2, 0) is 19.1 Å². The Morgan fingerprint density at radius 1 is 0.958 bits per heavy atom. The van der Waals surface area contributed by atoms with E-state index in [2.05, 4.69) is 0 Å². The van der Waals surface area contributed by atoms with E-state index in [0.29, 0.717) is 5.56 Å². The van der Waals surface area contributed by atoms with Crippen LogP contribution in [-0.4, -0.2) is 48.0 Å². The summed E-state index contributed by atoms with van der Waals surface area (Å²) >= 11 is 0. The third-order valence-corrected chi connectivity index (χ3v) is 4.07. The van der Waals surface area contributed by atoms with E-state index >= 15 is 0 Å². The van der Waals surface area contributed by atoms with Crippen LogP contribution in [0.3, 0.4) is 0 Å². The Balaban J connectivity index is 2.20. The molecule has 1 fully saturated rings. The fraction of sp³-hybridized carbons (Fsp3) is 0.500.